The van der Waals surface area contributed by atoms with E-state index in [4.69, 9.17) is 19.8 Å². The number of carboxylic acids is 2. The van der Waals surface area contributed by atoms with E-state index in [9.17, 15) is 36.2 Å². The molecule has 0 radical (unpaired) electrons. The Morgan fingerprint density at radius 3 is 1.84 bits per heavy atom. The third-order valence-corrected chi connectivity index (χ3v) is 5.71. The summed E-state index contributed by atoms with van der Waals surface area (Å²) in [4.78, 5) is 39.0. The number of aromatic nitrogens is 2. The molecule has 1 amide bonds. The molecule has 1 unspecified atom stereocenters. The normalized spacial score (nSPS) is 11.8. The average molecular weight is 640 g/mol. The number of aliphatic carboxylic acids is 2. The summed E-state index contributed by atoms with van der Waals surface area (Å²) in [7, 11) is 0. The number of amides is 1. The number of fused-ring (bicyclic) bond motifs is 1. The second-order valence-electron chi connectivity index (χ2n) is 9.65. The highest BCUT2D eigenvalue weighted by Crippen LogP contribution is 2.35. The maximum absolute atomic E-state index is 12.7. The number of phenols is 1. The lowest BCUT2D eigenvalue weighted by atomic mass is 9.94. The number of rotatable bonds is 6. The lowest BCUT2D eigenvalue weighted by Gasteiger charge is -2.22. The van der Waals surface area contributed by atoms with E-state index in [-0.39, 0.29) is 17.6 Å². The second-order valence-corrected chi connectivity index (χ2v) is 9.65. The van der Waals surface area contributed by atoms with Gasteiger partial charge in [0.05, 0.1) is 6.04 Å². The van der Waals surface area contributed by atoms with E-state index in [1.165, 1.54) is 0 Å². The maximum atomic E-state index is 12.7. The molecular formula is C30H27F6N3O6. The van der Waals surface area contributed by atoms with Crippen LogP contribution in [0.25, 0.3) is 22.0 Å². The zero-order valence-corrected chi connectivity index (χ0v) is 23.6. The van der Waals surface area contributed by atoms with Gasteiger partial charge in [0.15, 0.2) is 0 Å². The van der Waals surface area contributed by atoms with Crippen LogP contribution in [0.15, 0.2) is 79.3 Å². The summed E-state index contributed by atoms with van der Waals surface area (Å²) in [6, 6.07) is 18.9. The van der Waals surface area contributed by atoms with Crippen molar-refractivity contribution in [1.29, 1.82) is 0 Å². The fourth-order valence-corrected chi connectivity index (χ4v) is 3.71. The van der Waals surface area contributed by atoms with Gasteiger partial charge in [0.25, 0.3) is 0 Å². The average Bonchev–Trinajstić information content (AvgIpc) is 2.96. The van der Waals surface area contributed by atoms with Crippen LogP contribution in [0.2, 0.25) is 0 Å². The smallest absolute Gasteiger partial charge is 0.490 e. The van der Waals surface area contributed by atoms with E-state index >= 15 is 0 Å². The number of hydrogen-bond acceptors (Lipinski definition) is 6. The summed E-state index contributed by atoms with van der Waals surface area (Å²) in [6.07, 6.45) is -4.54. The first-order valence-electron chi connectivity index (χ1n) is 12.9. The monoisotopic (exact) mass is 639 g/mol. The van der Waals surface area contributed by atoms with Gasteiger partial charge in [-0.05, 0) is 34.7 Å². The van der Waals surface area contributed by atoms with Crippen LogP contribution in [0.5, 0.6) is 5.75 Å². The number of pyridine rings is 2. The van der Waals surface area contributed by atoms with Crippen LogP contribution in [0, 0.1) is 5.92 Å². The fourth-order valence-electron chi connectivity index (χ4n) is 3.71. The standard InChI is InChI=1S/C26H25N3O2.2C2HF3O2/c1-17(2)15-23(30)29-24(22-12-11-19-5-4-14-28-25(19)26(22)31)20-9-7-18(8-10-20)21-6-3-13-27-16-21;2*3-2(4,5)1(6)7/h3-14,16-17,24,31H,15H2,1-2H3,(H,29,30);2*(H,6,7). The number of alkyl halides is 6. The Hall–Kier alpha value is -5.21. The number of nitrogens with zero attached hydrogens (tertiary/aromatic N) is 2. The van der Waals surface area contributed by atoms with Crippen molar-refractivity contribution < 1.29 is 56.0 Å². The van der Waals surface area contributed by atoms with Crippen LogP contribution in [0.3, 0.4) is 0 Å². The van der Waals surface area contributed by atoms with Crippen molar-refractivity contribution in [3.63, 3.8) is 0 Å². The van der Waals surface area contributed by atoms with Gasteiger partial charge < -0.3 is 20.6 Å². The van der Waals surface area contributed by atoms with Crippen LogP contribution in [0.4, 0.5) is 26.3 Å². The molecule has 9 nitrogen and oxygen atoms in total. The minimum absolute atomic E-state index is 0.0585. The number of nitrogens with one attached hydrogen (secondary N) is 1. The van der Waals surface area contributed by atoms with E-state index in [0.717, 1.165) is 22.1 Å². The highest BCUT2D eigenvalue weighted by molar-refractivity contribution is 5.86. The Bertz CT molecular complexity index is 1570. The van der Waals surface area contributed by atoms with Crippen LogP contribution in [0.1, 0.15) is 37.4 Å². The summed E-state index contributed by atoms with van der Waals surface area (Å²) in [6.45, 7) is 4.02. The van der Waals surface area contributed by atoms with Gasteiger partial charge in [-0.1, -0.05) is 62.4 Å². The minimum Gasteiger partial charge on any atom is -0.505 e. The number of phenolic OH excluding ortho intramolecular Hbond substituents is 1. The van der Waals surface area contributed by atoms with E-state index in [2.05, 4.69) is 15.3 Å². The third-order valence-electron chi connectivity index (χ3n) is 5.71. The molecule has 0 bridgehead atoms. The fraction of sp³-hybridized carbons (Fsp3) is 0.233. The van der Waals surface area contributed by atoms with Crippen molar-refractivity contribution in [2.75, 3.05) is 0 Å². The van der Waals surface area contributed by atoms with Crippen molar-refractivity contribution >= 4 is 28.7 Å². The van der Waals surface area contributed by atoms with Crippen molar-refractivity contribution in [3.05, 3.63) is 90.4 Å². The van der Waals surface area contributed by atoms with Crippen LogP contribution >= 0.6 is 0 Å². The molecule has 0 aliphatic rings. The van der Waals surface area contributed by atoms with Gasteiger partial charge in [-0.25, -0.2) is 9.59 Å². The number of aromatic hydroxyl groups is 1. The van der Waals surface area contributed by atoms with Gasteiger partial charge in [0.2, 0.25) is 5.91 Å². The van der Waals surface area contributed by atoms with Gasteiger partial charge in [0.1, 0.15) is 11.3 Å². The van der Waals surface area contributed by atoms with E-state index < -0.39 is 30.3 Å². The van der Waals surface area contributed by atoms with Gasteiger partial charge in [-0.2, -0.15) is 26.3 Å². The lowest BCUT2D eigenvalue weighted by molar-refractivity contribution is -0.193. The summed E-state index contributed by atoms with van der Waals surface area (Å²) < 4.78 is 63.5. The maximum Gasteiger partial charge on any atom is 0.490 e. The summed E-state index contributed by atoms with van der Waals surface area (Å²) >= 11 is 0. The molecule has 15 heteroatoms. The van der Waals surface area contributed by atoms with E-state index in [1.807, 2.05) is 80.7 Å². The summed E-state index contributed by atoms with van der Waals surface area (Å²) in [5.41, 5.74) is 4.09. The van der Waals surface area contributed by atoms with E-state index in [0.29, 0.717) is 17.5 Å². The predicted octanol–water partition coefficient (Wildman–Crippen LogP) is 6.52. The first-order valence-corrected chi connectivity index (χ1v) is 12.9. The van der Waals surface area contributed by atoms with Crippen molar-refractivity contribution in [2.45, 2.75) is 38.7 Å². The van der Waals surface area contributed by atoms with Crippen LogP contribution in [-0.2, 0) is 14.4 Å². The highest BCUT2D eigenvalue weighted by atomic mass is 19.4. The molecule has 2 heterocycles. The van der Waals surface area contributed by atoms with Crippen LogP contribution in [-0.4, -0.2) is 55.5 Å². The molecule has 4 rings (SSSR count). The SMILES string of the molecule is CC(C)CC(=O)NC(c1ccc(-c2cccnc2)cc1)c1ccc2cccnc2c1O.O=C(O)C(F)(F)F.O=C(O)C(F)(F)F. The molecule has 0 saturated carbocycles. The Balaban J connectivity index is 0.000000421. The molecular weight excluding hydrogens is 612 g/mol. The molecule has 0 saturated heterocycles. The molecule has 0 spiro atoms. The molecule has 0 aliphatic carbocycles. The molecule has 2 aromatic carbocycles. The molecule has 4 aromatic rings. The van der Waals surface area contributed by atoms with Gasteiger partial charge in [0, 0.05) is 36.0 Å². The molecule has 45 heavy (non-hydrogen) atoms. The molecule has 0 fully saturated rings. The van der Waals surface area contributed by atoms with Gasteiger partial charge >= 0.3 is 24.3 Å². The lowest BCUT2D eigenvalue weighted by Crippen LogP contribution is -2.30. The third kappa shape index (κ3) is 11.1. The Labute approximate surface area is 252 Å². The Morgan fingerprint density at radius 1 is 0.800 bits per heavy atom. The number of halogens is 6. The number of carbonyl (C=O) groups is 3. The zero-order valence-electron chi connectivity index (χ0n) is 23.6. The Kier molecular flexibility index (Phi) is 12.4. The van der Waals surface area contributed by atoms with Crippen molar-refractivity contribution in [2.24, 2.45) is 5.92 Å². The van der Waals surface area contributed by atoms with Crippen molar-refractivity contribution in [3.8, 4) is 16.9 Å². The Morgan fingerprint density at radius 2 is 1.36 bits per heavy atom. The largest absolute Gasteiger partial charge is 0.505 e. The first-order chi connectivity index (χ1) is 20.9. The molecule has 4 N–H and O–H groups in total. The quantitative estimate of drug-likeness (QED) is 0.174. The van der Waals surface area contributed by atoms with Gasteiger partial charge in [-0.15, -0.1) is 0 Å². The minimum atomic E-state index is -5.08. The zero-order chi connectivity index (χ0) is 33.9. The van der Waals surface area contributed by atoms with Crippen molar-refractivity contribution in [1.82, 2.24) is 15.3 Å². The number of carbonyl (C=O) groups excluding carboxylic acids is 1. The summed E-state index contributed by atoms with van der Waals surface area (Å²) in [5, 5.41) is 29.2. The molecule has 2 aromatic heterocycles. The second kappa shape index (κ2) is 15.5. The molecule has 240 valence electrons. The highest BCUT2D eigenvalue weighted by Gasteiger charge is 2.38. The van der Waals surface area contributed by atoms with Crippen LogP contribution < -0.4 is 5.32 Å². The van der Waals surface area contributed by atoms with Gasteiger partial charge in [-0.3, -0.25) is 14.8 Å². The first kappa shape index (κ1) is 36.0. The molecule has 0 aliphatic heterocycles. The topological polar surface area (TPSA) is 150 Å². The number of benzene rings is 2. The van der Waals surface area contributed by atoms with E-state index in [1.54, 1.807) is 12.4 Å². The summed E-state index contributed by atoms with van der Waals surface area (Å²) in [5.74, 6) is -5.25. The number of hydrogen-bond donors (Lipinski definition) is 4. The number of carboxylic acid groups (broad SMARTS) is 2. The predicted molar refractivity (Wildman–Crippen MR) is 150 cm³/mol. The molecule has 1 atom stereocenters.